The summed E-state index contributed by atoms with van der Waals surface area (Å²) in [6, 6.07) is 0. The number of fused-ring (bicyclic) bond motifs is 1. The Labute approximate surface area is 107 Å². The predicted molar refractivity (Wildman–Crippen MR) is 69.6 cm³/mol. The van der Waals surface area contributed by atoms with Crippen LogP contribution in [0.1, 0.15) is 47.4 Å². The first-order valence-corrected chi connectivity index (χ1v) is 7.56. The highest BCUT2D eigenvalue weighted by molar-refractivity contribution is 7.11. The minimum atomic E-state index is 0.196. The lowest BCUT2D eigenvalue weighted by Crippen LogP contribution is -2.33. The topological polar surface area (TPSA) is 34.1 Å². The number of rotatable bonds is 1. The minimum Gasteiger partial charge on any atom is -0.368 e. The first kappa shape index (κ1) is 11.6. The summed E-state index contributed by atoms with van der Waals surface area (Å²) in [5.74, 6) is 0. The van der Waals surface area contributed by atoms with Crippen molar-refractivity contribution >= 4 is 11.3 Å². The normalized spacial score (nSPS) is 26.0. The lowest BCUT2D eigenvalue weighted by molar-refractivity contribution is 0.0275. The number of hydrogen-bond donors (Lipinski definition) is 1. The molecule has 1 aromatic heterocycles. The molecule has 1 unspecified atom stereocenters. The van der Waals surface area contributed by atoms with E-state index in [0.717, 1.165) is 19.7 Å². The van der Waals surface area contributed by atoms with Crippen LogP contribution in [0.25, 0.3) is 0 Å². The SMILES string of the molecule is C1CCCc2sc(C3CNCCO3)nc2CC1. The van der Waals surface area contributed by atoms with E-state index in [1.54, 1.807) is 0 Å². The van der Waals surface area contributed by atoms with Crippen molar-refractivity contribution in [3.63, 3.8) is 0 Å². The van der Waals surface area contributed by atoms with Gasteiger partial charge in [0.1, 0.15) is 11.1 Å². The van der Waals surface area contributed by atoms with Crippen molar-refractivity contribution in [2.24, 2.45) is 0 Å². The average molecular weight is 252 g/mol. The molecule has 0 aromatic carbocycles. The van der Waals surface area contributed by atoms with Crippen molar-refractivity contribution in [2.45, 2.75) is 44.6 Å². The molecule has 0 bridgehead atoms. The van der Waals surface area contributed by atoms with Crippen LogP contribution in [0, 0.1) is 0 Å². The maximum Gasteiger partial charge on any atom is 0.123 e. The fraction of sp³-hybridized carbons (Fsp3) is 0.769. The van der Waals surface area contributed by atoms with Crippen LogP contribution in [-0.2, 0) is 17.6 Å². The van der Waals surface area contributed by atoms with Crippen molar-refractivity contribution < 1.29 is 4.74 Å². The van der Waals surface area contributed by atoms with E-state index in [1.165, 1.54) is 54.1 Å². The van der Waals surface area contributed by atoms with Crippen molar-refractivity contribution in [1.29, 1.82) is 0 Å². The number of thiazole rings is 1. The molecule has 2 aliphatic rings. The van der Waals surface area contributed by atoms with E-state index in [9.17, 15) is 0 Å². The molecule has 1 fully saturated rings. The van der Waals surface area contributed by atoms with Gasteiger partial charge in [-0.1, -0.05) is 12.8 Å². The zero-order chi connectivity index (χ0) is 11.5. The van der Waals surface area contributed by atoms with Gasteiger partial charge in [0.15, 0.2) is 0 Å². The van der Waals surface area contributed by atoms with Crippen LogP contribution >= 0.6 is 11.3 Å². The Morgan fingerprint density at radius 1 is 1.18 bits per heavy atom. The average Bonchev–Trinajstić information content (AvgIpc) is 2.73. The summed E-state index contributed by atoms with van der Waals surface area (Å²) < 4.78 is 5.79. The molecule has 2 heterocycles. The number of aromatic nitrogens is 1. The second-order valence-corrected chi connectivity index (χ2v) is 6.01. The number of aryl methyl sites for hydroxylation is 2. The molecule has 1 N–H and O–H groups in total. The first-order valence-electron chi connectivity index (χ1n) is 6.74. The molecule has 1 aliphatic heterocycles. The summed E-state index contributed by atoms with van der Waals surface area (Å²) >= 11 is 1.89. The number of ether oxygens (including phenoxy) is 1. The molecule has 0 amide bonds. The highest BCUT2D eigenvalue weighted by Crippen LogP contribution is 2.30. The van der Waals surface area contributed by atoms with Crippen molar-refractivity contribution in [3.05, 3.63) is 15.6 Å². The standard InChI is InChI=1S/C13H20N2OS/c1-2-4-6-12-10(5-3-1)15-13(17-12)11-9-14-7-8-16-11/h11,14H,1-9H2. The number of nitrogens with zero attached hydrogens (tertiary/aromatic N) is 1. The van der Waals surface area contributed by atoms with E-state index in [4.69, 9.17) is 9.72 Å². The van der Waals surface area contributed by atoms with Crippen LogP contribution in [-0.4, -0.2) is 24.7 Å². The Bertz CT molecular complexity index is 346. The van der Waals surface area contributed by atoms with Crippen molar-refractivity contribution in [2.75, 3.05) is 19.7 Å². The molecular weight excluding hydrogens is 232 g/mol. The first-order chi connectivity index (χ1) is 8.43. The predicted octanol–water partition coefficient (Wildman–Crippen LogP) is 2.46. The molecule has 1 saturated heterocycles. The second kappa shape index (κ2) is 5.46. The lowest BCUT2D eigenvalue weighted by Gasteiger charge is -2.21. The van der Waals surface area contributed by atoms with Crippen LogP contribution in [0.4, 0.5) is 0 Å². The van der Waals surface area contributed by atoms with E-state index in [0.29, 0.717) is 0 Å². The molecule has 0 radical (unpaired) electrons. The van der Waals surface area contributed by atoms with E-state index >= 15 is 0 Å². The maximum atomic E-state index is 5.79. The summed E-state index contributed by atoms with van der Waals surface area (Å²) in [5.41, 5.74) is 1.36. The molecule has 4 heteroatoms. The summed E-state index contributed by atoms with van der Waals surface area (Å²) in [4.78, 5) is 6.35. The van der Waals surface area contributed by atoms with Gasteiger partial charge in [0, 0.05) is 18.0 Å². The van der Waals surface area contributed by atoms with E-state index < -0.39 is 0 Å². The maximum absolute atomic E-state index is 5.79. The number of nitrogens with one attached hydrogen (secondary N) is 1. The summed E-state index contributed by atoms with van der Waals surface area (Å²) in [6.45, 7) is 2.71. The zero-order valence-corrected chi connectivity index (χ0v) is 11.0. The molecule has 1 aliphatic carbocycles. The lowest BCUT2D eigenvalue weighted by atomic mass is 10.0. The van der Waals surface area contributed by atoms with Gasteiger partial charge in [0.25, 0.3) is 0 Å². The Morgan fingerprint density at radius 3 is 2.88 bits per heavy atom. The molecular formula is C13H20N2OS. The Morgan fingerprint density at radius 2 is 2.06 bits per heavy atom. The van der Waals surface area contributed by atoms with Gasteiger partial charge in [0.05, 0.1) is 12.3 Å². The van der Waals surface area contributed by atoms with Crippen LogP contribution < -0.4 is 5.32 Å². The molecule has 1 atom stereocenters. The molecule has 0 saturated carbocycles. The number of hydrogen-bond acceptors (Lipinski definition) is 4. The highest BCUT2D eigenvalue weighted by atomic mass is 32.1. The largest absolute Gasteiger partial charge is 0.368 e. The van der Waals surface area contributed by atoms with Gasteiger partial charge in [-0.15, -0.1) is 11.3 Å². The highest BCUT2D eigenvalue weighted by Gasteiger charge is 2.22. The summed E-state index contributed by atoms with van der Waals surface area (Å²) in [7, 11) is 0. The van der Waals surface area contributed by atoms with Crippen molar-refractivity contribution in [1.82, 2.24) is 10.3 Å². The van der Waals surface area contributed by atoms with Crippen LogP contribution in [0.3, 0.4) is 0 Å². The Hall–Kier alpha value is -0.450. The smallest absolute Gasteiger partial charge is 0.123 e. The third-order valence-corrected chi connectivity index (χ3v) is 4.81. The number of morpholine rings is 1. The molecule has 1 aromatic rings. The monoisotopic (exact) mass is 252 g/mol. The molecule has 94 valence electrons. The quantitative estimate of drug-likeness (QED) is 0.833. The third-order valence-electron chi connectivity index (χ3n) is 3.57. The Balaban J connectivity index is 1.78. The van der Waals surface area contributed by atoms with Crippen LogP contribution in [0.2, 0.25) is 0 Å². The fourth-order valence-electron chi connectivity index (χ4n) is 2.59. The third kappa shape index (κ3) is 2.69. The van der Waals surface area contributed by atoms with Gasteiger partial charge in [-0.25, -0.2) is 4.98 Å². The summed E-state index contributed by atoms with van der Waals surface area (Å²) in [5, 5.41) is 4.58. The zero-order valence-electron chi connectivity index (χ0n) is 10.2. The van der Waals surface area contributed by atoms with Gasteiger partial charge in [-0.05, 0) is 25.7 Å². The van der Waals surface area contributed by atoms with E-state index in [-0.39, 0.29) is 6.10 Å². The van der Waals surface area contributed by atoms with Gasteiger partial charge in [-0.3, -0.25) is 0 Å². The van der Waals surface area contributed by atoms with E-state index in [2.05, 4.69) is 5.32 Å². The summed E-state index contributed by atoms with van der Waals surface area (Å²) in [6.07, 6.45) is 7.99. The van der Waals surface area contributed by atoms with Crippen LogP contribution in [0.5, 0.6) is 0 Å². The van der Waals surface area contributed by atoms with Gasteiger partial charge in [0.2, 0.25) is 0 Å². The van der Waals surface area contributed by atoms with Crippen LogP contribution in [0.15, 0.2) is 0 Å². The molecule has 0 spiro atoms. The molecule has 3 rings (SSSR count). The minimum absolute atomic E-state index is 0.196. The second-order valence-electron chi connectivity index (χ2n) is 4.90. The van der Waals surface area contributed by atoms with Gasteiger partial charge in [-0.2, -0.15) is 0 Å². The van der Waals surface area contributed by atoms with Gasteiger partial charge < -0.3 is 10.1 Å². The van der Waals surface area contributed by atoms with Gasteiger partial charge >= 0.3 is 0 Å². The molecule has 3 nitrogen and oxygen atoms in total. The fourth-order valence-corrected chi connectivity index (χ4v) is 3.79. The Kier molecular flexibility index (Phi) is 3.74. The molecule has 17 heavy (non-hydrogen) atoms. The van der Waals surface area contributed by atoms with Crippen molar-refractivity contribution in [3.8, 4) is 0 Å². The van der Waals surface area contributed by atoms with E-state index in [1.807, 2.05) is 11.3 Å².